The molecule has 1 saturated carbocycles. The van der Waals surface area contributed by atoms with Crippen LogP contribution in [0.1, 0.15) is 31.2 Å². The van der Waals surface area contributed by atoms with E-state index < -0.39 is 0 Å². The number of hydrogen-bond donors (Lipinski definition) is 2. The van der Waals surface area contributed by atoms with Crippen molar-refractivity contribution in [3.8, 4) is 18.1 Å². The lowest BCUT2D eigenvalue weighted by Gasteiger charge is -2.42. The summed E-state index contributed by atoms with van der Waals surface area (Å²) < 4.78 is 10.6. The molecule has 0 spiro atoms. The van der Waals surface area contributed by atoms with Gasteiger partial charge in [0.1, 0.15) is 12.4 Å². The molecule has 0 atom stereocenters. The lowest BCUT2D eigenvalue weighted by Crippen LogP contribution is -2.47. The summed E-state index contributed by atoms with van der Waals surface area (Å²) in [6.45, 7) is 2.91. The van der Waals surface area contributed by atoms with E-state index in [0.29, 0.717) is 12.0 Å². The minimum absolute atomic E-state index is 0.300. The number of aliphatic imine (C=N–C) groups is 1. The van der Waals surface area contributed by atoms with Crippen LogP contribution in [0.3, 0.4) is 0 Å². The monoisotopic (exact) mass is 357 g/mol. The molecular weight excluding hydrogens is 326 g/mol. The van der Waals surface area contributed by atoms with Gasteiger partial charge in [0.05, 0.1) is 0 Å². The zero-order valence-electron chi connectivity index (χ0n) is 16.0. The van der Waals surface area contributed by atoms with Crippen molar-refractivity contribution in [3.63, 3.8) is 0 Å². The highest BCUT2D eigenvalue weighted by Gasteiger charge is 2.36. The average molecular weight is 357 g/mol. The Kier molecular flexibility index (Phi) is 8.30. The van der Waals surface area contributed by atoms with Crippen LogP contribution in [-0.4, -0.2) is 46.4 Å². The van der Waals surface area contributed by atoms with Gasteiger partial charge in [0, 0.05) is 33.9 Å². The third-order valence-corrected chi connectivity index (χ3v) is 5.06. The largest absolute Gasteiger partial charge is 0.481 e. The molecular formula is C21H31N3O2. The Labute approximate surface area is 157 Å². The van der Waals surface area contributed by atoms with Crippen molar-refractivity contribution in [1.82, 2.24) is 10.6 Å². The molecule has 0 radical (unpaired) electrons. The number of methoxy groups -OCH3 is 1. The molecule has 26 heavy (non-hydrogen) atoms. The van der Waals surface area contributed by atoms with Crippen LogP contribution in [0.15, 0.2) is 29.3 Å². The maximum Gasteiger partial charge on any atom is 0.191 e. The summed E-state index contributed by atoms with van der Waals surface area (Å²) >= 11 is 0. The van der Waals surface area contributed by atoms with E-state index in [1.165, 1.54) is 24.8 Å². The smallest absolute Gasteiger partial charge is 0.191 e. The number of ether oxygens (including phenoxy) is 2. The second-order valence-corrected chi connectivity index (χ2v) is 6.84. The van der Waals surface area contributed by atoms with E-state index in [9.17, 15) is 0 Å². The van der Waals surface area contributed by atoms with Gasteiger partial charge in [-0.1, -0.05) is 24.5 Å². The molecule has 5 heteroatoms. The standard InChI is InChI=1S/C21H31N3O2/c1-4-15-26-19-8-6-18(7-9-19)10-14-23-20(22-2)24-17-21(11-5-12-21)13-16-25-3/h1,6-9H,5,10-17H2,2-3H3,(H2,22,23,24). The fourth-order valence-corrected chi connectivity index (χ4v) is 3.20. The van der Waals surface area contributed by atoms with E-state index in [1.807, 2.05) is 19.2 Å². The third-order valence-electron chi connectivity index (χ3n) is 5.06. The second-order valence-electron chi connectivity index (χ2n) is 6.84. The van der Waals surface area contributed by atoms with E-state index >= 15 is 0 Å². The molecule has 0 saturated heterocycles. The van der Waals surface area contributed by atoms with Crippen molar-refractivity contribution in [2.75, 3.05) is 40.5 Å². The summed E-state index contributed by atoms with van der Waals surface area (Å²) in [5.41, 5.74) is 1.62. The summed E-state index contributed by atoms with van der Waals surface area (Å²) in [5, 5.41) is 6.88. The highest BCUT2D eigenvalue weighted by molar-refractivity contribution is 5.79. The molecule has 1 aromatic rings. The quantitative estimate of drug-likeness (QED) is 0.384. The Morgan fingerprint density at radius 2 is 2.04 bits per heavy atom. The molecule has 2 N–H and O–H groups in total. The summed E-state index contributed by atoms with van der Waals surface area (Å²) in [5.74, 6) is 4.13. The van der Waals surface area contributed by atoms with Gasteiger partial charge >= 0.3 is 0 Å². The first-order valence-electron chi connectivity index (χ1n) is 9.30. The van der Waals surface area contributed by atoms with Crippen molar-refractivity contribution in [2.45, 2.75) is 32.1 Å². The van der Waals surface area contributed by atoms with Gasteiger partial charge in [-0.15, -0.1) is 6.42 Å². The van der Waals surface area contributed by atoms with Gasteiger partial charge in [-0.3, -0.25) is 4.99 Å². The molecule has 2 rings (SSSR count). The maximum absolute atomic E-state index is 5.39. The SMILES string of the molecule is C#CCOc1ccc(CCNC(=NC)NCC2(CCOC)CCC2)cc1. The molecule has 0 aromatic heterocycles. The van der Waals surface area contributed by atoms with Crippen molar-refractivity contribution < 1.29 is 9.47 Å². The summed E-state index contributed by atoms with van der Waals surface area (Å²) in [6, 6.07) is 8.04. The van der Waals surface area contributed by atoms with Crippen molar-refractivity contribution in [1.29, 1.82) is 0 Å². The molecule has 5 nitrogen and oxygen atoms in total. The normalized spacial score (nSPS) is 15.7. The highest BCUT2D eigenvalue weighted by Crippen LogP contribution is 2.43. The number of benzene rings is 1. The van der Waals surface area contributed by atoms with Crippen molar-refractivity contribution in [3.05, 3.63) is 29.8 Å². The molecule has 1 fully saturated rings. The molecule has 142 valence electrons. The van der Waals surface area contributed by atoms with Crippen LogP contribution >= 0.6 is 0 Å². The van der Waals surface area contributed by atoms with Crippen LogP contribution in [0.4, 0.5) is 0 Å². The maximum atomic E-state index is 5.39. The van der Waals surface area contributed by atoms with Gasteiger partial charge in [-0.25, -0.2) is 0 Å². The molecule has 1 aliphatic rings. The Balaban J connectivity index is 1.71. The van der Waals surface area contributed by atoms with E-state index in [0.717, 1.165) is 44.2 Å². The Morgan fingerprint density at radius 3 is 2.62 bits per heavy atom. The third kappa shape index (κ3) is 6.27. The van der Waals surface area contributed by atoms with Crippen LogP contribution in [0, 0.1) is 17.8 Å². The fourth-order valence-electron chi connectivity index (χ4n) is 3.20. The second kappa shape index (κ2) is 10.7. The van der Waals surface area contributed by atoms with Crippen molar-refractivity contribution in [2.24, 2.45) is 10.4 Å². The van der Waals surface area contributed by atoms with Gasteiger partial charge in [-0.2, -0.15) is 0 Å². The van der Waals surface area contributed by atoms with Crippen LogP contribution in [0.2, 0.25) is 0 Å². The molecule has 0 aliphatic heterocycles. The highest BCUT2D eigenvalue weighted by atomic mass is 16.5. The zero-order chi connectivity index (χ0) is 18.7. The molecule has 0 heterocycles. The number of nitrogens with one attached hydrogen (secondary N) is 2. The van der Waals surface area contributed by atoms with Crippen LogP contribution in [0.5, 0.6) is 5.75 Å². The lowest BCUT2D eigenvalue weighted by molar-refractivity contribution is 0.0732. The van der Waals surface area contributed by atoms with E-state index in [2.05, 4.69) is 33.7 Å². The fraction of sp³-hybridized carbons (Fsp3) is 0.571. The predicted octanol–water partition coefficient (Wildman–Crippen LogP) is 2.61. The van der Waals surface area contributed by atoms with Crippen LogP contribution in [-0.2, 0) is 11.2 Å². The van der Waals surface area contributed by atoms with E-state index in [-0.39, 0.29) is 0 Å². The molecule has 1 aliphatic carbocycles. The Bertz CT molecular complexity index is 601. The summed E-state index contributed by atoms with van der Waals surface area (Å²) in [7, 11) is 3.59. The number of rotatable bonds is 10. The minimum Gasteiger partial charge on any atom is -0.481 e. The molecule has 0 amide bonds. The minimum atomic E-state index is 0.300. The van der Waals surface area contributed by atoms with Gasteiger partial charge in [0.15, 0.2) is 5.96 Å². The zero-order valence-corrected chi connectivity index (χ0v) is 16.0. The predicted molar refractivity (Wildman–Crippen MR) is 107 cm³/mol. The average Bonchev–Trinajstić information content (AvgIpc) is 2.64. The van der Waals surface area contributed by atoms with Crippen LogP contribution < -0.4 is 15.4 Å². The lowest BCUT2D eigenvalue weighted by atomic mass is 9.67. The molecule has 0 unspecified atom stereocenters. The Hall–Kier alpha value is -2.19. The van der Waals surface area contributed by atoms with Crippen LogP contribution in [0.25, 0.3) is 0 Å². The topological polar surface area (TPSA) is 54.9 Å². The van der Waals surface area contributed by atoms with E-state index in [1.54, 1.807) is 7.11 Å². The molecule has 1 aromatic carbocycles. The number of hydrogen-bond acceptors (Lipinski definition) is 3. The number of guanidine groups is 1. The number of nitrogens with zero attached hydrogens (tertiary/aromatic N) is 1. The summed E-state index contributed by atoms with van der Waals surface area (Å²) in [6.07, 6.45) is 11.1. The van der Waals surface area contributed by atoms with Gasteiger partial charge in [0.25, 0.3) is 0 Å². The van der Waals surface area contributed by atoms with Crippen molar-refractivity contribution >= 4 is 5.96 Å². The summed E-state index contributed by atoms with van der Waals surface area (Å²) in [4.78, 5) is 4.33. The number of terminal acetylenes is 1. The van der Waals surface area contributed by atoms with Gasteiger partial charge < -0.3 is 20.1 Å². The van der Waals surface area contributed by atoms with Gasteiger partial charge in [0.2, 0.25) is 0 Å². The Morgan fingerprint density at radius 1 is 1.27 bits per heavy atom. The first kappa shape index (κ1) is 20.1. The molecule has 0 bridgehead atoms. The first-order valence-corrected chi connectivity index (χ1v) is 9.30. The first-order chi connectivity index (χ1) is 12.7. The van der Waals surface area contributed by atoms with E-state index in [4.69, 9.17) is 15.9 Å². The van der Waals surface area contributed by atoms with Gasteiger partial charge in [-0.05, 0) is 48.8 Å².